The molecule has 6 heteroatoms. The molecule has 1 atom stereocenters. The minimum Gasteiger partial charge on any atom is -0.324 e. The summed E-state index contributed by atoms with van der Waals surface area (Å²) < 4.78 is 2.63. The van der Waals surface area contributed by atoms with Crippen LogP contribution in [0, 0.1) is 20.8 Å². The van der Waals surface area contributed by atoms with Gasteiger partial charge >= 0.3 is 5.69 Å². The van der Waals surface area contributed by atoms with Crippen LogP contribution in [0.5, 0.6) is 0 Å². The molecule has 152 valence electrons. The smallest absolute Gasteiger partial charge is 0.324 e. The zero-order chi connectivity index (χ0) is 21.3. The number of aryl methyl sites for hydroxylation is 3. The third-order valence-electron chi connectivity index (χ3n) is 5.36. The molecule has 0 unspecified atom stereocenters. The maximum atomic E-state index is 13.1. The topological polar surface area (TPSA) is 73.1 Å². The van der Waals surface area contributed by atoms with Crippen molar-refractivity contribution in [1.29, 1.82) is 0 Å². The largest absolute Gasteiger partial charge is 0.332 e. The normalized spacial score (nSPS) is 12.2. The SMILES string of the molecule is CC[C@H](C)n1c(=O)c2ccccc2n(CC(=O)Nc2c(C)cc(C)cc2C)c1=O. The van der Waals surface area contributed by atoms with Crippen LogP contribution in [0.4, 0.5) is 5.69 Å². The van der Waals surface area contributed by atoms with Crippen molar-refractivity contribution >= 4 is 22.5 Å². The Balaban J connectivity index is 2.07. The van der Waals surface area contributed by atoms with E-state index in [4.69, 9.17) is 0 Å². The average molecular weight is 393 g/mol. The van der Waals surface area contributed by atoms with Gasteiger partial charge in [-0.25, -0.2) is 4.79 Å². The maximum Gasteiger partial charge on any atom is 0.332 e. The lowest BCUT2D eigenvalue weighted by atomic mass is 10.1. The Hall–Kier alpha value is -3.15. The van der Waals surface area contributed by atoms with Crippen LogP contribution in [-0.4, -0.2) is 15.0 Å². The highest BCUT2D eigenvalue weighted by Gasteiger charge is 2.18. The predicted molar refractivity (Wildman–Crippen MR) is 117 cm³/mol. The zero-order valence-electron chi connectivity index (χ0n) is 17.6. The van der Waals surface area contributed by atoms with Crippen molar-refractivity contribution in [1.82, 2.24) is 9.13 Å². The van der Waals surface area contributed by atoms with Gasteiger partial charge in [0.1, 0.15) is 6.54 Å². The molecule has 0 aliphatic carbocycles. The number of para-hydroxylation sites is 1. The molecule has 1 amide bonds. The van der Waals surface area contributed by atoms with Crippen LogP contribution in [0.3, 0.4) is 0 Å². The summed E-state index contributed by atoms with van der Waals surface area (Å²) in [5.41, 5.74) is 3.51. The van der Waals surface area contributed by atoms with Gasteiger partial charge in [-0.1, -0.05) is 36.8 Å². The van der Waals surface area contributed by atoms with Gasteiger partial charge in [-0.05, 0) is 57.4 Å². The van der Waals surface area contributed by atoms with Crippen molar-refractivity contribution in [2.45, 2.75) is 53.6 Å². The van der Waals surface area contributed by atoms with Gasteiger partial charge in [-0.2, -0.15) is 0 Å². The van der Waals surface area contributed by atoms with Gasteiger partial charge in [0.05, 0.1) is 10.9 Å². The number of anilines is 1. The van der Waals surface area contributed by atoms with Crippen LogP contribution >= 0.6 is 0 Å². The first-order valence-corrected chi connectivity index (χ1v) is 9.86. The molecular weight excluding hydrogens is 366 g/mol. The summed E-state index contributed by atoms with van der Waals surface area (Å²) in [6, 6.07) is 10.7. The Bertz CT molecular complexity index is 1180. The van der Waals surface area contributed by atoms with Crippen LogP contribution in [0.2, 0.25) is 0 Å². The Morgan fingerprint density at radius 2 is 1.69 bits per heavy atom. The highest BCUT2D eigenvalue weighted by atomic mass is 16.2. The average Bonchev–Trinajstić information content (AvgIpc) is 2.67. The number of hydrogen-bond acceptors (Lipinski definition) is 3. The molecule has 0 aliphatic rings. The van der Waals surface area contributed by atoms with E-state index < -0.39 is 5.69 Å². The molecule has 29 heavy (non-hydrogen) atoms. The molecule has 0 spiro atoms. The van der Waals surface area contributed by atoms with Crippen LogP contribution in [0.25, 0.3) is 10.9 Å². The van der Waals surface area contributed by atoms with Gasteiger partial charge in [0, 0.05) is 11.7 Å². The van der Waals surface area contributed by atoms with Crippen molar-refractivity contribution < 1.29 is 4.79 Å². The first kappa shape index (κ1) is 20.6. The monoisotopic (exact) mass is 393 g/mol. The lowest BCUT2D eigenvalue weighted by Crippen LogP contribution is -2.43. The molecule has 1 N–H and O–H groups in total. The van der Waals surface area contributed by atoms with E-state index in [0.717, 1.165) is 22.4 Å². The van der Waals surface area contributed by atoms with E-state index in [-0.39, 0.29) is 24.1 Å². The van der Waals surface area contributed by atoms with Gasteiger partial charge in [0.15, 0.2) is 0 Å². The van der Waals surface area contributed by atoms with Gasteiger partial charge in [0.25, 0.3) is 5.56 Å². The maximum absolute atomic E-state index is 13.1. The zero-order valence-corrected chi connectivity index (χ0v) is 17.6. The van der Waals surface area contributed by atoms with Gasteiger partial charge in [-0.3, -0.25) is 18.7 Å². The quantitative estimate of drug-likeness (QED) is 0.718. The molecule has 0 saturated carbocycles. The summed E-state index contributed by atoms with van der Waals surface area (Å²) in [5, 5.41) is 3.37. The van der Waals surface area contributed by atoms with E-state index in [9.17, 15) is 14.4 Å². The van der Waals surface area contributed by atoms with E-state index in [0.29, 0.717) is 17.3 Å². The number of nitrogens with zero attached hydrogens (tertiary/aromatic N) is 2. The Labute approximate surface area is 169 Å². The van der Waals surface area contributed by atoms with Gasteiger partial charge in [0.2, 0.25) is 5.91 Å². The number of nitrogens with one attached hydrogen (secondary N) is 1. The predicted octanol–water partition coefficient (Wildman–Crippen LogP) is 3.70. The lowest BCUT2D eigenvalue weighted by molar-refractivity contribution is -0.116. The minimum atomic E-state index is -0.462. The summed E-state index contributed by atoms with van der Waals surface area (Å²) in [7, 11) is 0. The standard InChI is InChI=1S/C23H27N3O3/c1-6-17(5)26-22(28)18-9-7-8-10-19(18)25(23(26)29)13-20(27)24-21-15(3)11-14(2)12-16(21)4/h7-12,17H,6,13H2,1-5H3,(H,24,27)/t17-/m0/s1. The second-order valence-corrected chi connectivity index (χ2v) is 7.64. The first-order chi connectivity index (χ1) is 13.7. The summed E-state index contributed by atoms with van der Waals surface area (Å²) in [5.74, 6) is -0.304. The first-order valence-electron chi connectivity index (χ1n) is 9.86. The van der Waals surface area contributed by atoms with Crippen LogP contribution in [0.1, 0.15) is 43.0 Å². The fourth-order valence-electron chi connectivity index (χ4n) is 3.76. The van der Waals surface area contributed by atoms with Crippen molar-refractivity contribution in [3.63, 3.8) is 0 Å². The second kappa shape index (κ2) is 8.07. The molecular formula is C23H27N3O3. The highest BCUT2D eigenvalue weighted by molar-refractivity contribution is 5.93. The fourth-order valence-corrected chi connectivity index (χ4v) is 3.76. The Kier molecular flexibility index (Phi) is 5.73. The number of carbonyl (C=O) groups excluding carboxylic acids is 1. The summed E-state index contributed by atoms with van der Waals surface area (Å²) >= 11 is 0. The highest BCUT2D eigenvalue weighted by Crippen LogP contribution is 2.22. The summed E-state index contributed by atoms with van der Waals surface area (Å²) in [4.78, 5) is 38.8. The Morgan fingerprint density at radius 3 is 2.31 bits per heavy atom. The molecule has 0 aliphatic heterocycles. The second-order valence-electron chi connectivity index (χ2n) is 7.64. The molecule has 6 nitrogen and oxygen atoms in total. The molecule has 3 rings (SSSR count). The molecule has 1 heterocycles. The van der Waals surface area contributed by atoms with E-state index in [1.54, 1.807) is 24.3 Å². The minimum absolute atomic E-state index is 0.164. The third kappa shape index (κ3) is 3.88. The lowest BCUT2D eigenvalue weighted by Gasteiger charge is -2.18. The molecule has 0 radical (unpaired) electrons. The summed E-state index contributed by atoms with van der Waals surface area (Å²) in [6.07, 6.45) is 0.640. The molecule has 2 aromatic carbocycles. The number of fused-ring (bicyclic) bond motifs is 1. The number of rotatable bonds is 5. The number of aromatic nitrogens is 2. The van der Waals surface area contributed by atoms with E-state index in [1.807, 2.05) is 46.8 Å². The molecule has 0 fully saturated rings. The molecule has 0 saturated heterocycles. The molecule has 3 aromatic rings. The Morgan fingerprint density at radius 1 is 1.07 bits per heavy atom. The van der Waals surface area contributed by atoms with Crippen molar-refractivity contribution in [3.8, 4) is 0 Å². The van der Waals surface area contributed by atoms with Gasteiger partial charge in [-0.15, -0.1) is 0 Å². The van der Waals surface area contributed by atoms with Crippen LogP contribution in [-0.2, 0) is 11.3 Å². The third-order valence-corrected chi connectivity index (χ3v) is 5.36. The number of hydrogen-bond donors (Lipinski definition) is 1. The van der Waals surface area contributed by atoms with E-state index in [2.05, 4.69) is 5.32 Å². The fraction of sp³-hybridized carbons (Fsp3) is 0.348. The van der Waals surface area contributed by atoms with Crippen molar-refractivity contribution in [2.75, 3.05) is 5.32 Å². The van der Waals surface area contributed by atoms with Crippen LogP contribution in [0.15, 0.2) is 46.0 Å². The van der Waals surface area contributed by atoms with Gasteiger partial charge < -0.3 is 5.32 Å². The number of amides is 1. The number of benzene rings is 2. The molecule has 1 aromatic heterocycles. The summed E-state index contributed by atoms with van der Waals surface area (Å²) in [6.45, 7) is 9.49. The van der Waals surface area contributed by atoms with E-state index >= 15 is 0 Å². The van der Waals surface area contributed by atoms with E-state index in [1.165, 1.54) is 9.13 Å². The van der Waals surface area contributed by atoms with Crippen molar-refractivity contribution in [3.05, 3.63) is 73.9 Å². The van der Waals surface area contributed by atoms with Crippen molar-refractivity contribution in [2.24, 2.45) is 0 Å². The molecule has 0 bridgehead atoms. The van der Waals surface area contributed by atoms with Crippen LogP contribution < -0.4 is 16.6 Å². The number of carbonyl (C=O) groups is 1.